The van der Waals surface area contributed by atoms with Gasteiger partial charge >= 0.3 is 5.97 Å². The molecule has 1 aromatic heterocycles. The molecule has 0 saturated carbocycles. The van der Waals surface area contributed by atoms with Crippen LogP contribution in [0, 0.1) is 0 Å². The Hall–Kier alpha value is -1.52. The van der Waals surface area contributed by atoms with Crippen molar-refractivity contribution < 1.29 is 9.90 Å². The third kappa shape index (κ3) is 2.03. The number of fused-ring (bicyclic) bond motifs is 1. The highest BCUT2D eigenvalue weighted by Gasteiger charge is 2.12. The number of aliphatic carboxylic acids is 1. The van der Waals surface area contributed by atoms with E-state index < -0.39 is 12.0 Å². The number of rotatable bonds is 3. The first-order valence-electron chi connectivity index (χ1n) is 4.82. The molecule has 0 fully saturated rings. The first-order valence-corrected chi connectivity index (χ1v) is 5.19. The van der Waals surface area contributed by atoms with E-state index in [2.05, 4.69) is 4.98 Å². The number of carbonyl (C=O) groups is 1. The van der Waals surface area contributed by atoms with E-state index >= 15 is 0 Å². The summed E-state index contributed by atoms with van der Waals surface area (Å²) < 4.78 is 0. The summed E-state index contributed by atoms with van der Waals surface area (Å²) in [6, 6.07) is 4.69. The van der Waals surface area contributed by atoms with Crippen LogP contribution in [0.3, 0.4) is 0 Å². The molecule has 1 atom stereocenters. The standard InChI is InChI=1S/C11H11ClN2O2/c12-8-5-14-10-4-6(1-2-7(8)10)3-9(13)11(15)16/h1-2,4-5,9,14H,3,13H2,(H,15,16)/t9-/m0/s1. The van der Waals surface area contributed by atoms with Crippen LogP contribution in [-0.2, 0) is 11.2 Å². The van der Waals surface area contributed by atoms with Gasteiger partial charge in [-0.2, -0.15) is 0 Å². The number of nitrogens with one attached hydrogen (secondary N) is 1. The highest BCUT2D eigenvalue weighted by molar-refractivity contribution is 6.35. The van der Waals surface area contributed by atoms with Gasteiger partial charge in [-0.25, -0.2) is 0 Å². The first-order chi connectivity index (χ1) is 7.58. The average molecular weight is 239 g/mol. The molecule has 16 heavy (non-hydrogen) atoms. The normalized spacial score (nSPS) is 12.9. The van der Waals surface area contributed by atoms with E-state index in [4.69, 9.17) is 22.4 Å². The number of hydrogen-bond acceptors (Lipinski definition) is 2. The maximum atomic E-state index is 10.6. The molecular weight excluding hydrogens is 228 g/mol. The van der Waals surface area contributed by atoms with Gasteiger partial charge in [0.2, 0.25) is 0 Å². The summed E-state index contributed by atoms with van der Waals surface area (Å²) in [6.07, 6.45) is 2.01. The molecule has 84 valence electrons. The molecule has 1 aromatic carbocycles. The van der Waals surface area contributed by atoms with Crippen molar-refractivity contribution in [3.63, 3.8) is 0 Å². The second-order valence-electron chi connectivity index (χ2n) is 3.67. The third-order valence-electron chi connectivity index (χ3n) is 2.47. The predicted molar refractivity (Wildman–Crippen MR) is 62.6 cm³/mol. The molecule has 0 aliphatic heterocycles. The van der Waals surface area contributed by atoms with Gasteiger partial charge < -0.3 is 15.8 Å². The lowest BCUT2D eigenvalue weighted by atomic mass is 10.1. The van der Waals surface area contributed by atoms with Crippen molar-refractivity contribution >= 4 is 28.5 Å². The van der Waals surface area contributed by atoms with Crippen LogP contribution in [0.25, 0.3) is 10.9 Å². The Morgan fingerprint density at radius 1 is 1.56 bits per heavy atom. The fourth-order valence-corrected chi connectivity index (χ4v) is 1.83. The van der Waals surface area contributed by atoms with Gasteiger partial charge in [-0.15, -0.1) is 0 Å². The maximum absolute atomic E-state index is 10.6. The van der Waals surface area contributed by atoms with Crippen molar-refractivity contribution in [3.8, 4) is 0 Å². The van der Waals surface area contributed by atoms with Gasteiger partial charge in [0, 0.05) is 17.1 Å². The number of hydrogen-bond donors (Lipinski definition) is 3. The molecular formula is C11H11ClN2O2. The summed E-state index contributed by atoms with van der Waals surface area (Å²) in [5, 5.41) is 10.3. The number of H-pyrrole nitrogens is 1. The van der Waals surface area contributed by atoms with Crippen LogP contribution in [0.15, 0.2) is 24.4 Å². The van der Waals surface area contributed by atoms with Gasteiger partial charge in [-0.1, -0.05) is 23.7 Å². The van der Waals surface area contributed by atoms with Crippen LogP contribution in [0.2, 0.25) is 5.02 Å². The smallest absolute Gasteiger partial charge is 0.320 e. The van der Waals surface area contributed by atoms with Crippen molar-refractivity contribution in [1.82, 2.24) is 4.98 Å². The Labute approximate surface area is 97.0 Å². The second kappa shape index (κ2) is 4.15. The van der Waals surface area contributed by atoms with E-state index in [1.54, 1.807) is 6.20 Å². The minimum Gasteiger partial charge on any atom is -0.480 e. The molecule has 0 saturated heterocycles. The topological polar surface area (TPSA) is 79.1 Å². The minimum absolute atomic E-state index is 0.307. The lowest BCUT2D eigenvalue weighted by Gasteiger charge is -2.06. The average Bonchev–Trinajstić information content (AvgIpc) is 2.60. The van der Waals surface area contributed by atoms with E-state index in [0.29, 0.717) is 11.4 Å². The lowest BCUT2D eigenvalue weighted by Crippen LogP contribution is -2.32. The van der Waals surface area contributed by atoms with Gasteiger partial charge in [-0.3, -0.25) is 4.79 Å². The number of benzene rings is 1. The number of aromatic amines is 1. The first kappa shape index (κ1) is 11.0. The molecule has 0 unspecified atom stereocenters. The van der Waals surface area contributed by atoms with Gasteiger partial charge in [-0.05, 0) is 18.1 Å². The number of nitrogens with two attached hydrogens (primary N) is 1. The minimum atomic E-state index is -0.996. The fourth-order valence-electron chi connectivity index (χ4n) is 1.61. The van der Waals surface area contributed by atoms with Crippen LogP contribution in [-0.4, -0.2) is 22.1 Å². The fraction of sp³-hybridized carbons (Fsp3) is 0.182. The molecule has 1 heterocycles. The van der Waals surface area contributed by atoms with Crippen molar-refractivity contribution in [3.05, 3.63) is 35.0 Å². The van der Waals surface area contributed by atoms with E-state index in [-0.39, 0.29) is 0 Å². The molecule has 4 nitrogen and oxygen atoms in total. The molecule has 0 bridgehead atoms. The number of carboxylic acids is 1. The van der Waals surface area contributed by atoms with Crippen LogP contribution in [0.5, 0.6) is 0 Å². The number of carboxylic acid groups (broad SMARTS) is 1. The molecule has 2 rings (SSSR count). The summed E-state index contributed by atoms with van der Waals surface area (Å²) >= 11 is 5.93. The molecule has 2 aromatic rings. The molecule has 0 aliphatic rings. The van der Waals surface area contributed by atoms with E-state index in [0.717, 1.165) is 16.5 Å². The van der Waals surface area contributed by atoms with Crippen molar-refractivity contribution in [1.29, 1.82) is 0 Å². The van der Waals surface area contributed by atoms with Crippen LogP contribution in [0.4, 0.5) is 0 Å². The summed E-state index contributed by atoms with van der Waals surface area (Å²) in [5.41, 5.74) is 7.23. The summed E-state index contributed by atoms with van der Waals surface area (Å²) in [6.45, 7) is 0. The Balaban J connectivity index is 2.29. The van der Waals surface area contributed by atoms with Crippen molar-refractivity contribution in [2.45, 2.75) is 12.5 Å². The zero-order valence-corrected chi connectivity index (χ0v) is 9.16. The molecule has 0 amide bonds. The Kier molecular flexibility index (Phi) is 2.85. The maximum Gasteiger partial charge on any atom is 0.320 e. The number of halogens is 1. The Bertz CT molecular complexity index is 536. The summed E-state index contributed by atoms with van der Waals surface area (Å²) in [7, 11) is 0. The zero-order valence-electron chi connectivity index (χ0n) is 8.40. The monoisotopic (exact) mass is 238 g/mol. The Morgan fingerprint density at radius 2 is 2.31 bits per heavy atom. The zero-order chi connectivity index (χ0) is 11.7. The molecule has 0 aliphatic carbocycles. The predicted octanol–water partition coefficient (Wildman–Crippen LogP) is 1.78. The van der Waals surface area contributed by atoms with Gasteiger partial charge in [0.25, 0.3) is 0 Å². The van der Waals surface area contributed by atoms with E-state index in [1.165, 1.54) is 0 Å². The highest BCUT2D eigenvalue weighted by atomic mass is 35.5. The molecule has 0 radical (unpaired) electrons. The number of aromatic nitrogens is 1. The van der Waals surface area contributed by atoms with Crippen LogP contribution in [0.1, 0.15) is 5.56 Å². The van der Waals surface area contributed by atoms with Gasteiger partial charge in [0.15, 0.2) is 0 Å². The van der Waals surface area contributed by atoms with Crippen molar-refractivity contribution in [2.24, 2.45) is 5.73 Å². The lowest BCUT2D eigenvalue weighted by molar-refractivity contribution is -0.138. The highest BCUT2D eigenvalue weighted by Crippen LogP contribution is 2.23. The second-order valence-corrected chi connectivity index (χ2v) is 4.07. The van der Waals surface area contributed by atoms with Gasteiger partial charge in [0.05, 0.1) is 5.02 Å². The quantitative estimate of drug-likeness (QED) is 0.763. The summed E-state index contributed by atoms with van der Waals surface area (Å²) in [4.78, 5) is 13.6. The third-order valence-corrected chi connectivity index (χ3v) is 2.78. The molecule has 4 N–H and O–H groups in total. The van der Waals surface area contributed by atoms with Crippen LogP contribution >= 0.6 is 11.6 Å². The summed E-state index contributed by atoms with van der Waals surface area (Å²) in [5.74, 6) is -0.996. The molecule has 5 heteroatoms. The van der Waals surface area contributed by atoms with Crippen molar-refractivity contribution in [2.75, 3.05) is 0 Å². The largest absolute Gasteiger partial charge is 0.480 e. The molecule has 0 spiro atoms. The van der Waals surface area contributed by atoms with E-state index in [9.17, 15) is 4.79 Å². The SMILES string of the molecule is N[C@@H](Cc1ccc2c(Cl)c[nH]c2c1)C(=O)O. The van der Waals surface area contributed by atoms with E-state index in [1.807, 2.05) is 18.2 Å². The van der Waals surface area contributed by atoms with Gasteiger partial charge in [0.1, 0.15) is 6.04 Å². The van der Waals surface area contributed by atoms with Crippen LogP contribution < -0.4 is 5.73 Å². The Morgan fingerprint density at radius 3 is 3.00 bits per heavy atom.